The number of amides is 1. The van der Waals surface area contributed by atoms with Crippen LogP contribution in [0.4, 0.5) is 10.1 Å². The zero-order valence-corrected chi connectivity index (χ0v) is 14.5. The van der Waals surface area contributed by atoms with E-state index in [9.17, 15) is 14.0 Å². The van der Waals surface area contributed by atoms with E-state index in [-0.39, 0.29) is 17.1 Å². The second-order valence-electron chi connectivity index (χ2n) is 5.32. The number of benzene rings is 1. The van der Waals surface area contributed by atoms with E-state index in [1.54, 1.807) is 0 Å². The first-order valence-corrected chi connectivity index (χ1v) is 8.26. The molecule has 0 unspecified atom stereocenters. The van der Waals surface area contributed by atoms with Crippen molar-refractivity contribution in [2.45, 2.75) is 20.4 Å². The van der Waals surface area contributed by atoms with Crippen LogP contribution in [-0.2, 0) is 11.3 Å². The fourth-order valence-corrected chi connectivity index (χ4v) is 3.48. The van der Waals surface area contributed by atoms with Gasteiger partial charge in [0, 0.05) is 10.6 Å². The third kappa shape index (κ3) is 3.05. The van der Waals surface area contributed by atoms with Crippen LogP contribution in [-0.4, -0.2) is 15.5 Å². The summed E-state index contributed by atoms with van der Waals surface area (Å²) in [5, 5.41) is 3.03. The standard InChI is InChI=1S/C16H13ClFN3O2S/c1-8-9(2)24-15-14(8)16(23)21(7-19-15)6-13(22)20-10-3-4-12(18)11(17)5-10/h3-5,7H,6H2,1-2H3,(H,20,22). The number of aromatic nitrogens is 2. The second kappa shape index (κ2) is 6.33. The number of aryl methyl sites for hydroxylation is 2. The number of rotatable bonds is 3. The number of hydrogen-bond donors (Lipinski definition) is 1. The Morgan fingerprint density at radius 3 is 2.88 bits per heavy atom. The van der Waals surface area contributed by atoms with Crippen LogP contribution in [0.3, 0.4) is 0 Å². The lowest BCUT2D eigenvalue weighted by Crippen LogP contribution is -2.27. The maximum atomic E-state index is 13.1. The molecular weight excluding hydrogens is 353 g/mol. The van der Waals surface area contributed by atoms with E-state index in [0.29, 0.717) is 15.9 Å². The molecule has 1 N–H and O–H groups in total. The molecule has 124 valence electrons. The highest BCUT2D eigenvalue weighted by atomic mass is 35.5. The van der Waals surface area contributed by atoms with Gasteiger partial charge in [-0.25, -0.2) is 9.37 Å². The Morgan fingerprint density at radius 1 is 1.42 bits per heavy atom. The summed E-state index contributed by atoms with van der Waals surface area (Å²) in [6.07, 6.45) is 1.36. The van der Waals surface area contributed by atoms with Crippen molar-refractivity contribution in [1.82, 2.24) is 9.55 Å². The quantitative estimate of drug-likeness (QED) is 0.772. The predicted molar refractivity (Wildman–Crippen MR) is 93.4 cm³/mol. The first kappa shape index (κ1) is 16.6. The smallest absolute Gasteiger partial charge is 0.262 e. The number of nitrogens with one attached hydrogen (secondary N) is 1. The van der Waals surface area contributed by atoms with E-state index >= 15 is 0 Å². The van der Waals surface area contributed by atoms with Gasteiger partial charge >= 0.3 is 0 Å². The molecule has 0 spiro atoms. The van der Waals surface area contributed by atoms with Gasteiger partial charge in [-0.2, -0.15) is 0 Å². The second-order valence-corrected chi connectivity index (χ2v) is 6.93. The molecule has 1 aromatic carbocycles. The summed E-state index contributed by atoms with van der Waals surface area (Å²) in [5.41, 5.74) is 0.984. The maximum Gasteiger partial charge on any atom is 0.262 e. The summed E-state index contributed by atoms with van der Waals surface area (Å²) in [5.74, 6) is -0.991. The molecule has 0 bridgehead atoms. The van der Waals surface area contributed by atoms with Crippen molar-refractivity contribution in [1.29, 1.82) is 0 Å². The summed E-state index contributed by atoms with van der Waals surface area (Å²) >= 11 is 7.13. The Hall–Kier alpha value is -2.25. The van der Waals surface area contributed by atoms with Crippen molar-refractivity contribution in [2.24, 2.45) is 0 Å². The van der Waals surface area contributed by atoms with E-state index in [4.69, 9.17) is 11.6 Å². The van der Waals surface area contributed by atoms with Crippen LogP contribution in [0.15, 0.2) is 29.3 Å². The number of carbonyl (C=O) groups is 1. The fraction of sp³-hybridized carbons (Fsp3) is 0.188. The Morgan fingerprint density at radius 2 is 2.17 bits per heavy atom. The maximum absolute atomic E-state index is 13.1. The van der Waals surface area contributed by atoms with Gasteiger partial charge in [0.05, 0.1) is 16.7 Å². The summed E-state index contributed by atoms with van der Waals surface area (Å²) in [7, 11) is 0. The van der Waals surface area contributed by atoms with Gasteiger partial charge in [0.2, 0.25) is 5.91 Å². The SMILES string of the molecule is Cc1sc2ncn(CC(=O)Nc3ccc(F)c(Cl)c3)c(=O)c2c1C. The molecule has 3 aromatic rings. The van der Waals surface area contributed by atoms with Crippen LogP contribution in [0, 0.1) is 19.7 Å². The average Bonchev–Trinajstić information content (AvgIpc) is 2.81. The van der Waals surface area contributed by atoms with Crippen LogP contribution >= 0.6 is 22.9 Å². The summed E-state index contributed by atoms with van der Waals surface area (Å²) in [6, 6.07) is 3.87. The molecule has 0 saturated carbocycles. The van der Waals surface area contributed by atoms with E-state index < -0.39 is 11.7 Å². The van der Waals surface area contributed by atoms with E-state index in [1.165, 1.54) is 34.4 Å². The van der Waals surface area contributed by atoms with Crippen molar-refractivity contribution in [3.05, 3.63) is 56.2 Å². The van der Waals surface area contributed by atoms with Crippen molar-refractivity contribution in [3.8, 4) is 0 Å². The molecule has 0 aliphatic heterocycles. The number of nitrogens with zero attached hydrogens (tertiary/aromatic N) is 2. The molecule has 2 aromatic heterocycles. The highest BCUT2D eigenvalue weighted by Crippen LogP contribution is 2.25. The Balaban J connectivity index is 1.85. The molecule has 0 aliphatic carbocycles. The van der Waals surface area contributed by atoms with Gasteiger partial charge in [0.15, 0.2) is 0 Å². The number of hydrogen-bond acceptors (Lipinski definition) is 4. The zero-order chi connectivity index (χ0) is 17.4. The molecule has 0 saturated heterocycles. The third-order valence-electron chi connectivity index (χ3n) is 3.67. The van der Waals surface area contributed by atoms with Gasteiger partial charge in [-0.15, -0.1) is 11.3 Å². The van der Waals surface area contributed by atoms with Crippen LogP contribution in [0.2, 0.25) is 5.02 Å². The van der Waals surface area contributed by atoms with Gasteiger partial charge < -0.3 is 5.32 Å². The normalized spacial score (nSPS) is 11.0. The van der Waals surface area contributed by atoms with Gasteiger partial charge in [-0.3, -0.25) is 14.2 Å². The topological polar surface area (TPSA) is 64.0 Å². The van der Waals surface area contributed by atoms with E-state index in [2.05, 4.69) is 10.3 Å². The Bertz CT molecular complexity index is 1010. The molecule has 0 atom stereocenters. The van der Waals surface area contributed by atoms with E-state index in [1.807, 2.05) is 13.8 Å². The summed E-state index contributed by atoms with van der Waals surface area (Å²) < 4.78 is 14.4. The van der Waals surface area contributed by atoms with Crippen molar-refractivity contribution < 1.29 is 9.18 Å². The number of carbonyl (C=O) groups excluding carboxylic acids is 1. The third-order valence-corrected chi connectivity index (χ3v) is 5.08. The number of anilines is 1. The zero-order valence-electron chi connectivity index (χ0n) is 12.9. The van der Waals surface area contributed by atoms with Crippen LogP contribution in [0.1, 0.15) is 10.4 Å². The Kier molecular flexibility index (Phi) is 4.38. The number of halogens is 2. The van der Waals surface area contributed by atoms with Crippen molar-refractivity contribution in [3.63, 3.8) is 0 Å². The monoisotopic (exact) mass is 365 g/mol. The molecule has 0 radical (unpaired) electrons. The number of fused-ring (bicyclic) bond motifs is 1. The molecule has 3 rings (SSSR count). The van der Waals surface area contributed by atoms with Crippen LogP contribution in [0.5, 0.6) is 0 Å². The lowest BCUT2D eigenvalue weighted by Gasteiger charge is -2.08. The lowest BCUT2D eigenvalue weighted by molar-refractivity contribution is -0.116. The Labute approximate surface area is 145 Å². The highest BCUT2D eigenvalue weighted by Gasteiger charge is 2.14. The van der Waals surface area contributed by atoms with Gasteiger partial charge in [0.25, 0.3) is 5.56 Å². The first-order chi connectivity index (χ1) is 11.4. The average molecular weight is 366 g/mol. The molecular formula is C16H13ClFN3O2S. The lowest BCUT2D eigenvalue weighted by atomic mass is 10.2. The van der Waals surface area contributed by atoms with Crippen LogP contribution < -0.4 is 10.9 Å². The van der Waals surface area contributed by atoms with Crippen LogP contribution in [0.25, 0.3) is 10.2 Å². The minimum Gasteiger partial charge on any atom is -0.324 e. The van der Waals surface area contributed by atoms with Crippen molar-refractivity contribution >= 4 is 44.7 Å². The molecule has 24 heavy (non-hydrogen) atoms. The minimum absolute atomic E-state index is 0.0857. The predicted octanol–water partition coefficient (Wildman–Crippen LogP) is 3.51. The summed E-state index contributed by atoms with van der Waals surface area (Å²) in [4.78, 5) is 30.6. The molecule has 2 heterocycles. The van der Waals surface area contributed by atoms with Gasteiger partial charge in [-0.05, 0) is 37.6 Å². The largest absolute Gasteiger partial charge is 0.324 e. The fourth-order valence-electron chi connectivity index (χ4n) is 2.31. The molecule has 0 fully saturated rings. The van der Waals surface area contributed by atoms with Gasteiger partial charge in [0.1, 0.15) is 17.2 Å². The first-order valence-electron chi connectivity index (χ1n) is 7.07. The molecule has 8 heteroatoms. The van der Waals surface area contributed by atoms with Crippen molar-refractivity contribution in [2.75, 3.05) is 5.32 Å². The minimum atomic E-state index is -0.566. The van der Waals surface area contributed by atoms with E-state index in [0.717, 1.165) is 16.5 Å². The summed E-state index contributed by atoms with van der Waals surface area (Å²) in [6.45, 7) is 3.60. The highest BCUT2D eigenvalue weighted by molar-refractivity contribution is 7.18. The number of thiophene rings is 1. The molecule has 5 nitrogen and oxygen atoms in total. The molecule has 0 aliphatic rings. The van der Waals surface area contributed by atoms with Gasteiger partial charge in [-0.1, -0.05) is 11.6 Å². The molecule has 1 amide bonds.